The van der Waals surface area contributed by atoms with Crippen LogP contribution in [-0.4, -0.2) is 19.3 Å². The Morgan fingerprint density at radius 3 is 2.21 bits per heavy atom. The van der Waals surface area contributed by atoms with Crippen LogP contribution < -0.4 is 0 Å². The molecule has 4 heteroatoms. The maximum Gasteiger partial charge on any atom is 0.181 e. The van der Waals surface area contributed by atoms with E-state index in [0.29, 0.717) is 5.56 Å². The summed E-state index contributed by atoms with van der Waals surface area (Å²) in [5, 5.41) is 10.1. The first-order valence-electron chi connectivity index (χ1n) is 6.02. The van der Waals surface area contributed by atoms with Crippen molar-refractivity contribution in [1.82, 2.24) is 0 Å². The lowest BCUT2D eigenvalue weighted by Gasteiger charge is -2.14. The second-order valence-corrected chi connectivity index (χ2v) is 6.50. The summed E-state index contributed by atoms with van der Waals surface area (Å²) < 4.78 is 24.3. The molecule has 19 heavy (non-hydrogen) atoms. The minimum absolute atomic E-state index is 0.239. The number of hydrogen-bond acceptors (Lipinski definition) is 3. The number of aliphatic hydroxyl groups excluding tert-OH is 1. The van der Waals surface area contributed by atoms with Gasteiger partial charge in [-0.15, -0.1) is 0 Å². The molecule has 0 aliphatic rings. The van der Waals surface area contributed by atoms with Gasteiger partial charge in [0.1, 0.15) is 0 Å². The van der Waals surface area contributed by atoms with Gasteiger partial charge in [-0.1, -0.05) is 42.5 Å². The van der Waals surface area contributed by atoms with Crippen LogP contribution in [0.2, 0.25) is 0 Å². The van der Waals surface area contributed by atoms with Crippen molar-refractivity contribution in [2.24, 2.45) is 0 Å². The van der Waals surface area contributed by atoms with Crippen LogP contribution >= 0.6 is 0 Å². The highest BCUT2D eigenvalue weighted by Gasteiger charge is 2.21. The topological polar surface area (TPSA) is 54.4 Å². The van der Waals surface area contributed by atoms with Crippen molar-refractivity contribution in [1.29, 1.82) is 0 Å². The van der Waals surface area contributed by atoms with Crippen LogP contribution in [0.5, 0.6) is 0 Å². The second-order valence-electron chi connectivity index (χ2n) is 4.47. The zero-order chi connectivity index (χ0) is 13.9. The Balaban J connectivity index is 2.24. The van der Waals surface area contributed by atoms with Gasteiger partial charge in [0.15, 0.2) is 9.84 Å². The van der Waals surface area contributed by atoms with E-state index in [4.69, 9.17) is 0 Å². The van der Waals surface area contributed by atoms with Gasteiger partial charge >= 0.3 is 0 Å². The highest BCUT2D eigenvalue weighted by molar-refractivity contribution is 7.91. The maximum absolute atomic E-state index is 12.2. The molecule has 0 aromatic heterocycles. The van der Waals surface area contributed by atoms with Gasteiger partial charge in [-0.3, -0.25) is 0 Å². The summed E-state index contributed by atoms with van der Waals surface area (Å²) in [6.45, 7) is 1.85. The Bertz CT molecular complexity index is 648. The number of rotatable bonds is 4. The molecule has 0 aliphatic carbocycles. The summed E-state index contributed by atoms with van der Waals surface area (Å²) >= 11 is 0. The molecule has 0 spiro atoms. The average molecular weight is 276 g/mol. The number of benzene rings is 2. The molecule has 0 bridgehead atoms. The largest absolute Gasteiger partial charge is 0.387 e. The smallest absolute Gasteiger partial charge is 0.181 e. The van der Waals surface area contributed by atoms with Gasteiger partial charge in [-0.2, -0.15) is 0 Å². The maximum atomic E-state index is 12.2. The summed E-state index contributed by atoms with van der Waals surface area (Å²) in [4.78, 5) is 0.239. The lowest BCUT2D eigenvalue weighted by molar-refractivity contribution is 0.201. The van der Waals surface area contributed by atoms with Gasteiger partial charge in [-0.05, 0) is 30.2 Å². The van der Waals surface area contributed by atoms with Crippen molar-refractivity contribution in [3.63, 3.8) is 0 Å². The van der Waals surface area contributed by atoms with E-state index in [0.717, 1.165) is 5.56 Å². The predicted molar refractivity (Wildman–Crippen MR) is 74.6 cm³/mol. The lowest BCUT2D eigenvalue weighted by Crippen LogP contribution is -2.15. The van der Waals surface area contributed by atoms with Crippen molar-refractivity contribution in [3.05, 3.63) is 65.7 Å². The van der Waals surface area contributed by atoms with E-state index < -0.39 is 15.9 Å². The third-order valence-corrected chi connectivity index (χ3v) is 4.77. The molecule has 0 aliphatic heterocycles. The summed E-state index contributed by atoms with van der Waals surface area (Å²) in [7, 11) is -3.47. The molecule has 2 aromatic carbocycles. The fourth-order valence-electron chi connectivity index (χ4n) is 1.98. The van der Waals surface area contributed by atoms with E-state index in [2.05, 4.69) is 0 Å². The first kappa shape index (κ1) is 13.8. The molecule has 0 heterocycles. The SMILES string of the molecule is Cc1ccccc1C(O)CS(=O)(=O)c1ccccc1. The van der Waals surface area contributed by atoms with Crippen molar-refractivity contribution in [2.75, 3.05) is 5.75 Å². The molecule has 0 amide bonds. The quantitative estimate of drug-likeness (QED) is 0.933. The molecule has 2 rings (SSSR count). The van der Waals surface area contributed by atoms with Gasteiger partial charge in [0.2, 0.25) is 0 Å². The Kier molecular flexibility index (Phi) is 4.02. The Morgan fingerprint density at radius 1 is 1.00 bits per heavy atom. The van der Waals surface area contributed by atoms with Crippen LogP contribution in [0, 0.1) is 6.92 Å². The number of aliphatic hydroxyl groups is 1. The summed E-state index contributed by atoms with van der Waals surface area (Å²) in [5.74, 6) is -0.304. The molecule has 100 valence electrons. The van der Waals surface area contributed by atoms with E-state index in [-0.39, 0.29) is 10.6 Å². The van der Waals surface area contributed by atoms with Gasteiger partial charge in [0, 0.05) is 0 Å². The molecule has 0 fully saturated rings. The Morgan fingerprint density at radius 2 is 1.58 bits per heavy atom. The molecule has 3 nitrogen and oxygen atoms in total. The number of hydrogen-bond donors (Lipinski definition) is 1. The standard InChI is InChI=1S/C15H16O3S/c1-12-7-5-6-10-14(12)15(16)11-19(17,18)13-8-3-2-4-9-13/h2-10,15-16H,11H2,1H3. The molecular weight excluding hydrogens is 260 g/mol. The van der Waals surface area contributed by atoms with E-state index in [1.165, 1.54) is 0 Å². The molecule has 0 saturated heterocycles. The molecule has 1 atom stereocenters. The lowest BCUT2D eigenvalue weighted by atomic mass is 10.1. The monoisotopic (exact) mass is 276 g/mol. The first-order valence-corrected chi connectivity index (χ1v) is 7.67. The molecule has 2 aromatic rings. The zero-order valence-electron chi connectivity index (χ0n) is 10.7. The van der Waals surface area contributed by atoms with Crippen molar-refractivity contribution >= 4 is 9.84 Å². The van der Waals surface area contributed by atoms with Crippen molar-refractivity contribution in [3.8, 4) is 0 Å². The van der Waals surface area contributed by atoms with Gasteiger partial charge in [0.25, 0.3) is 0 Å². The van der Waals surface area contributed by atoms with Gasteiger partial charge < -0.3 is 5.11 Å². The predicted octanol–water partition coefficient (Wildman–Crippen LogP) is 2.50. The van der Waals surface area contributed by atoms with Crippen LogP contribution in [0.4, 0.5) is 0 Å². The van der Waals surface area contributed by atoms with E-state index in [1.807, 2.05) is 19.1 Å². The normalized spacial score (nSPS) is 13.2. The minimum atomic E-state index is -3.47. The van der Waals surface area contributed by atoms with Crippen LogP contribution in [-0.2, 0) is 9.84 Å². The minimum Gasteiger partial charge on any atom is -0.387 e. The van der Waals surface area contributed by atoms with Crippen molar-refractivity contribution < 1.29 is 13.5 Å². The van der Waals surface area contributed by atoms with Crippen LogP contribution in [0.3, 0.4) is 0 Å². The summed E-state index contributed by atoms with van der Waals surface area (Å²) in [6, 6.07) is 15.4. The zero-order valence-corrected chi connectivity index (χ0v) is 11.5. The van der Waals surface area contributed by atoms with Crippen LogP contribution in [0.15, 0.2) is 59.5 Å². The van der Waals surface area contributed by atoms with Crippen LogP contribution in [0.25, 0.3) is 0 Å². The molecule has 0 saturated carbocycles. The highest BCUT2D eigenvalue weighted by atomic mass is 32.2. The molecule has 1 unspecified atom stereocenters. The molecule has 0 radical (unpaired) electrons. The third kappa shape index (κ3) is 3.22. The summed E-state index contributed by atoms with van der Waals surface area (Å²) in [5.41, 5.74) is 1.54. The van der Waals surface area contributed by atoms with E-state index in [9.17, 15) is 13.5 Å². The second kappa shape index (κ2) is 5.55. The molecular formula is C15H16O3S. The third-order valence-electron chi connectivity index (χ3n) is 3.03. The van der Waals surface area contributed by atoms with Gasteiger partial charge in [0.05, 0.1) is 16.8 Å². The Labute approximate surface area is 113 Å². The van der Waals surface area contributed by atoms with Crippen molar-refractivity contribution in [2.45, 2.75) is 17.9 Å². The molecule has 1 N–H and O–H groups in total. The van der Waals surface area contributed by atoms with Crippen LogP contribution in [0.1, 0.15) is 17.2 Å². The fourth-order valence-corrected chi connectivity index (χ4v) is 3.34. The first-order chi connectivity index (χ1) is 9.00. The van der Waals surface area contributed by atoms with E-state index in [1.54, 1.807) is 42.5 Å². The average Bonchev–Trinajstić information content (AvgIpc) is 2.39. The van der Waals surface area contributed by atoms with E-state index >= 15 is 0 Å². The highest BCUT2D eigenvalue weighted by Crippen LogP contribution is 2.22. The number of sulfone groups is 1. The van der Waals surface area contributed by atoms with Gasteiger partial charge in [-0.25, -0.2) is 8.42 Å². The fraction of sp³-hybridized carbons (Fsp3) is 0.200. The number of aryl methyl sites for hydroxylation is 1. The summed E-state index contributed by atoms with van der Waals surface area (Å²) in [6.07, 6.45) is -1.01. The Hall–Kier alpha value is -1.65.